The highest BCUT2D eigenvalue weighted by Gasteiger charge is 2.10. The minimum atomic E-state index is -0.0201. The van der Waals surface area contributed by atoms with Crippen molar-refractivity contribution in [3.63, 3.8) is 0 Å². The van der Waals surface area contributed by atoms with Gasteiger partial charge in [-0.05, 0) is 49.7 Å². The number of aromatic nitrogens is 1. The zero-order valence-corrected chi connectivity index (χ0v) is 10.7. The van der Waals surface area contributed by atoms with Crippen LogP contribution in [0.25, 0.3) is 0 Å². The van der Waals surface area contributed by atoms with Crippen molar-refractivity contribution in [1.82, 2.24) is 4.98 Å². The topological polar surface area (TPSA) is 39.2 Å². The molecular weight excluding hydrogens is 226 g/mol. The Labute approximate surface area is 106 Å². The molecular formula is C15H15NO2. The van der Waals surface area contributed by atoms with Crippen molar-refractivity contribution in [2.24, 2.45) is 0 Å². The molecule has 3 heteroatoms. The van der Waals surface area contributed by atoms with E-state index in [4.69, 9.17) is 4.74 Å². The molecule has 2 aromatic rings. The zero-order valence-electron chi connectivity index (χ0n) is 10.7. The van der Waals surface area contributed by atoms with Crippen LogP contribution in [0.3, 0.4) is 0 Å². The van der Waals surface area contributed by atoms with E-state index < -0.39 is 0 Å². The van der Waals surface area contributed by atoms with Gasteiger partial charge in [0.1, 0.15) is 5.75 Å². The van der Waals surface area contributed by atoms with E-state index in [1.54, 1.807) is 25.4 Å². The summed E-state index contributed by atoms with van der Waals surface area (Å²) in [5.41, 5.74) is 3.10. The van der Waals surface area contributed by atoms with Crippen molar-refractivity contribution in [2.45, 2.75) is 13.8 Å². The second-order valence-corrected chi connectivity index (χ2v) is 4.20. The molecule has 1 aromatic heterocycles. The molecule has 0 spiro atoms. The smallest absolute Gasteiger partial charge is 0.194 e. The predicted molar refractivity (Wildman–Crippen MR) is 70.1 cm³/mol. The number of hydrogen-bond acceptors (Lipinski definition) is 3. The number of carbonyl (C=O) groups is 1. The lowest BCUT2D eigenvalue weighted by Gasteiger charge is -2.07. The molecule has 0 N–H and O–H groups in total. The van der Waals surface area contributed by atoms with Crippen LogP contribution in [0.1, 0.15) is 27.2 Å². The van der Waals surface area contributed by atoms with Crippen molar-refractivity contribution in [1.29, 1.82) is 0 Å². The molecule has 0 bridgehead atoms. The summed E-state index contributed by atoms with van der Waals surface area (Å²) in [6, 6.07) is 9.05. The number of rotatable bonds is 3. The van der Waals surface area contributed by atoms with Gasteiger partial charge in [-0.2, -0.15) is 0 Å². The van der Waals surface area contributed by atoms with Crippen LogP contribution in [0.15, 0.2) is 36.5 Å². The summed E-state index contributed by atoms with van der Waals surface area (Å²) in [6.07, 6.45) is 1.61. The summed E-state index contributed by atoms with van der Waals surface area (Å²) >= 11 is 0. The molecule has 0 aliphatic heterocycles. The number of aryl methyl sites for hydroxylation is 2. The molecule has 0 aliphatic rings. The fraction of sp³-hybridized carbons (Fsp3) is 0.200. The average molecular weight is 241 g/mol. The van der Waals surface area contributed by atoms with Gasteiger partial charge in [0.15, 0.2) is 5.78 Å². The monoisotopic (exact) mass is 241 g/mol. The lowest BCUT2D eigenvalue weighted by atomic mass is 10.0. The fourth-order valence-electron chi connectivity index (χ4n) is 1.79. The lowest BCUT2D eigenvalue weighted by Crippen LogP contribution is -2.03. The van der Waals surface area contributed by atoms with Crippen LogP contribution in [-0.4, -0.2) is 17.9 Å². The van der Waals surface area contributed by atoms with E-state index in [-0.39, 0.29) is 5.78 Å². The van der Waals surface area contributed by atoms with Crippen molar-refractivity contribution in [3.8, 4) is 5.75 Å². The Morgan fingerprint density at radius 3 is 2.39 bits per heavy atom. The van der Waals surface area contributed by atoms with Gasteiger partial charge in [-0.3, -0.25) is 9.78 Å². The van der Waals surface area contributed by atoms with Gasteiger partial charge in [-0.1, -0.05) is 0 Å². The standard InChI is InChI=1S/C15H15NO2/c1-10-8-12(6-7-14(10)18-3)15(17)13-5-4-11(2)16-9-13/h4-9H,1-3H3. The molecule has 92 valence electrons. The number of pyridine rings is 1. The number of ketones is 1. The molecule has 0 unspecified atom stereocenters. The molecule has 0 saturated carbocycles. The molecule has 2 rings (SSSR count). The Balaban J connectivity index is 2.34. The maximum absolute atomic E-state index is 12.2. The van der Waals surface area contributed by atoms with Crippen LogP contribution in [0.4, 0.5) is 0 Å². The SMILES string of the molecule is COc1ccc(C(=O)c2ccc(C)nc2)cc1C. The Morgan fingerprint density at radius 1 is 1.11 bits per heavy atom. The first-order valence-electron chi connectivity index (χ1n) is 5.74. The van der Waals surface area contributed by atoms with Gasteiger partial charge in [0.2, 0.25) is 0 Å². The van der Waals surface area contributed by atoms with Crippen LogP contribution in [0.2, 0.25) is 0 Å². The van der Waals surface area contributed by atoms with Crippen molar-refractivity contribution >= 4 is 5.78 Å². The molecule has 0 saturated heterocycles. The van der Waals surface area contributed by atoms with Crippen LogP contribution >= 0.6 is 0 Å². The number of ether oxygens (including phenoxy) is 1. The third kappa shape index (κ3) is 2.40. The third-order valence-electron chi connectivity index (χ3n) is 2.83. The predicted octanol–water partition coefficient (Wildman–Crippen LogP) is 2.94. The summed E-state index contributed by atoms with van der Waals surface area (Å²) in [6.45, 7) is 3.81. The fourth-order valence-corrected chi connectivity index (χ4v) is 1.79. The Morgan fingerprint density at radius 2 is 1.83 bits per heavy atom. The third-order valence-corrected chi connectivity index (χ3v) is 2.83. The number of carbonyl (C=O) groups excluding carboxylic acids is 1. The van der Waals surface area contributed by atoms with Gasteiger partial charge >= 0.3 is 0 Å². The van der Waals surface area contributed by atoms with E-state index in [9.17, 15) is 4.79 Å². The van der Waals surface area contributed by atoms with E-state index in [0.717, 1.165) is 17.0 Å². The van der Waals surface area contributed by atoms with Gasteiger partial charge in [0, 0.05) is 23.0 Å². The van der Waals surface area contributed by atoms with E-state index in [1.807, 2.05) is 32.0 Å². The number of benzene rings is 1. The quantitative estimate of drug-likeness (QED) is 0.775. The van der Waals surface area contributed by atoms with Crippen molar-refractivity contribution < 1.29 is 9.53 Å². The zero-order chi connectivity index (χ0) is 13.1. The van der Waals surface area contributed by atoms with Gasteiger partial charge < -0.3 is 4.74 Å². The minimum Gasteiger partial charge on any atom is -0.496 e. The van der Waals surface area contributed by atoms with E-state index in [2.05, 4.69) is 4.98 Å². The first-order valence-corrected chi connectivity index (χ1v) is 5.74. The number of nitrogens with zero attached hydrogens (tertiary/aromatic N) is 1. The molecule has 1 aromatic carbocycles. The maximum atomic E-state index is 12.2. The van der Waals surface area contributed by atoms with Crippen LogP contribution in [0.5, 0.6) is 5.75 Å². The lowest BCUT2D eigenvalue weighted by molar-refractivity contribution is 0.103. The number of methoxy groups -OCH3 is 1. The van der Waals surface area contributed by atoms with Gasteiger partial charge in [-0.15, -0.1) is 0 Å². The highest BCUT2D eigenvalue weighted by Crippen LogP contribution is 2.20. The molecule has 0 radical (unpaired) electrons. The molecule has 18 heavy (non-hydrogen) atoms. The Bertz CT molecular complexity index is 574. The first-order chi connectivity index (χ1) is 8.61. The van der Waals surface area contributed by atoms with Crippen LogP contribution in [0, 0.1) is 13.8 Å². The van der Waals surface area contributed by atoms with E-state index >= 15 is 0 Å². The minimum absolute atomic E-state index is 0.0201. The largest absolute Gasteiger partial charge is 0.496 e. The molecule has 3 nitrogen and oxygen atoms in total. The van der Waals surface area contributed by atoms with E-state index in [0.29, 0.717) is 11.1 Å². The number of hydrogen-bond donors (Lipinski definition) is 0. The molecule has 1 heterocycles. The van der Waals surface area contributed by atoms with Crippen LogP contribution in [-0.2, 0) is 0 Å². The van der Waals surface area contributed by atoms with Crippen molar-refractivity contribution in [2.75, 3.05) is 7.11 Å². The van der Waals surface area contributed by atoms with E-state index in [1.165, 1.54) is 0 Å². The Kier molecular flexibility index (Phi) is 3.42. The second-order valence-electron chi connectivity index (χ2n) is 4.20. The van der Waals surface area contributed by atoms with Crippen LogP contribution < -0.4 is 4.74 Å². The summed E-state index contributed by atoms with van der Waals surface area (Å²) in [5, 5.41) is 0. The molecule has 0 amide bonds. The Hall–Kier alpha value is -2.16. The maximum Gasteiger partial charge on any atom is 0.194 e. The summed E-state index contributed by atoms with van der Waals surface area (Å²) in [4.78, 5) is 16.4. The molecule has 0 fully saturated rings. The van der Waals surface area contributed by atoms with Gasteiger partial charge in [0.05, 0.1) is 7.11 Å². The summed E-state index contributed by atoms with van der Waals surface area (Å²) in [5.74, 6) is 0.766. The first kappa shape index (κ1) is 12.3. The highest BCUT2D eigenvalue weighted by molar-refractivity contribution is 6.08. The van der Waals surface area contributed by atoms with Gasteiger partial charge in [-0.25, -0.2) is 0 Å². The summed E-state index contributed by atoms with van der Waals surface area (Å²) < 4.78 is 5.18. The normalized spacial score (nSPS) is 10.2. The van der Waals surface area contributed by atoms with Crippen molar-refractivity contribution in [3.05, 3.63) is 58.9 Å². The molecule has 0 atom stereocenters. The summed E-state index contributed by atoms with van der Waals surface area (Å²) in [7, 11) is 1.62. The average Bonchev–Trinajstić information content (AvgIpc) is 2.38. The molecule has 0 aliphatic carbocycles. The second kappa shape index (κ2) is 5.00. The highest BCUT2D eigenvalue weighted by atomic mass is 16.5. The van der Waals surface area contributed by atoms with Gasteiger partial charge in [0.25, 0.3) is 0 Å².